The van der Waals surface area contributed by atoms with Gasteiger partial charge in [-0.3, -0.25) is 4.79 Å². The highest BCUT2D eigenvalue weighted by Gasteiger charge is 2.33. The molecule has 0 saturated heterocycles. The molecule has 0 bridgehead atoms. The van der Waals surface area contributed by atoms with Crippen LogP contribution in [0.3, 0.4) is 0 Å². The topological polar surface area (TPSA) is 90.3 Å². The third kappa shape index (κ3) is 3.85. The average Bonchev–Trinajstić information content (AvgIpc) is 3.24. The molecule has 0 radical (unpaired) electrons. The Morgan fingerprint density at radius 1 is 1.06 bits per heavy atom. The predicted octanol–water partition coefficient (Wildman–Crippen LogP) is 3.78. The van der Waals surface area contributed by atoms with Gasteiger partial charge >= 0.3 is 0 Å². The average molecular weight is 448 g/mol. The molecule has 1 amide bonds. The Hall–Kier alpha value is -3.65. The molecule has 7 nitrogen and oxygen atoms in total. The summed E-state index contributed by atoms with van der Waals surface area (Å²) in [4.78, 5) is 12.8. The largest absolute Gasteiger partial charge is 0.483 e. The van der Waals surface area contributed by atoms with E-state index in [9.17, 15) is 13.2 Å². The van der Waals surface area contributed by atoms with Gasteiger partial charge in [0.1, 0.15) is 11.6 Å². The maximum atomic E-state index is 12.8. The molecule has 162 valence electrons. The van der Waals surface area contributed by atoms with Crippen LogP contribution in [0.4, 0.5) is 5.82 Å². The predicted molar refractivity (Wildman–Crippen MR) is 123 cm³/mol. The molecule has 1 aliphatic heterocycles. The van der Waals surface area contributed by atoms with Crippen LogP contribution in [0, 0.1) is 6.92 Å². The van der Waals surface area contributed by atoms with Crippen molar-refractivity contribution >= 4 is 32.3 Å². The van der Waals surface area contributed by atoms with E-state index in [1.54, 1.807) is 4.68 Å². The minimum Gasteiger partial charge on any atom is -0.483 e. The number of anilines is 1. The number of carbonyl (C=O) groups excluding carboxylic acids is 1. The first-order valence-corrected chi connectivity index (χ1v) is 12.0. The van der Waals surface area contributed by atoms with Crippen LogP contribution >= 0.6 is 0 Å². The van der Waals surface area contributed by atoms with Crippen LogP contribution in [0.15, 0.2) is 66.7 Å². The van der Waals surface area contributed by atoms with Crippen LogP contribution in [0.1, 0.15) is 16.8 Å². The van der Waals surface area contributed by atoms with Crippen LogP contribution in [-0.2, 0) is 26.1 Å². The standard InChI is InChI=1S/C24H21N3O4S/c1-16-6-4-9-18(12-16)27-24(20-14-32(29,30)15-21(20)26-27)25-23(28)13-31-22-11-5-8-17-7-2-3-10-19(17)22/h2-12H,13-15H2,1H3,(H,25,28). The van der Waals surface area contributed by atoms with E-state index in [0.29, 0.717) is 22.8 Å². The molecule has 0 saturated carbocycles. The van der Waals surface area contributed by atoms with Gasteiger partial charge in [0.2, 0.25) is 0 Å². The lowest BCUT2D eigenvalue weighted by molar-refractivity contribution is -0.118. The monoisotopic (exact) mass is 447 g/mol. The number of amides is 1. The number of hydrogen-bond donors (Lipinski definition) is 1. The second kappa shape index (κ2) is 7.80. The number of nitrogens with zero attached hydrogens (tertiary/aromatic N) is 2. The van der Waals surface area contributed by atoms with Crippen molar-refractivity contribution in [1.29, 1.82) is 0 Å². The first-order chi connectivity index (χ1) is 15.4. The number of nitrogens with one attached hydrogen (secondary N) is 1. The summed E-state index contributed by atoms with van der Waals surface area (Å²) < 4.78 is 31.7. The maximum absolute atomic E-state index is 12.8. The Kier molecular flexibility index (Phi) is 4.94. The van der Waals surface area contributed by atoms with E-state index in [1.165, 1.54) is 0 Å². The first kappa shape index (κ1) is 20.3. The summed E-state index contributed by atoms with van der Waals surface area (Å²) >= 11 is 0. The lowest BCUT2D eigenvalue weighted by atomic mass is 10.1. The smallest absolute Gasteiger partial charge is 0.263 e. The van der Waals surface area contributed by atoms with Crippen LogP contribution < -0.4 is 10.1 Å². The zero-order valence-corrected chi connectivity index (χ0v) is 18.2. The van der Waals surface area contributed by atoms with Crippen molar-refractivity contribution in [3.63, 3.8) is 0 Å². The second-order valence-corrected chi connectivity index (χ2v) is 9.94. The van der Waals surface area contributed by atoms with Gasteiger partial charge in [-0.1, -0.05) is 48.5 Å². The number of hydrogen-bond acceptors (Lipinski definition) is 5. The molecule has 1 N–H and O–H groups in total. The van der Waals surface area contributed by atoms with Gasteiger partial charge in [-0.05, 0) is 36.1 Å². The van der Waals surface area contributed by atoms with Gasteiger partial charge in [0, 0.05) is 10.9 Å². The molecule has 2 heterocycles. The van der Waals surface area contributed by atoms with E-state index in [4.69, 9.17) is 4.74 Å². The number of aryl methyl sites for hydroxylation is 1. The summed E-state index contributed by atoms with van der Waals surface area (Å²) in [6, 6.07) is 21.1. The van der Waals surface area contributed by atoms with Crippen molar-refractivity contribution in [2.75, 3.05) is 11.9 Å². The summed E-state index contributed by atoms with van der Waals surface area (Å²) in [7, 11) is -3.27. The Balaban J connectivity index is 1.42. The van der Waals surface area contributed by atoms with Gasteiger partial charge in [0.15, 0.2) is 16.4 Å². The minimum atomic E-state index is -3.27. The highest BCUT2D eigenvalue weighted by atomic mass is 32.2. The molecule has 4 aromatic rings. The Labute approximate surface area is 185 Å². The minimum absolute atomic E-state index is 0.128. The number of carbonyl (C=O) groups is 1. The molecule has 0 spiro atoms. The summed E-state index contributed by atoms with van der Waals surface area (Å²) in [5.41, 5.74) is 2.78. The van der Waals surface area contributed by atoms with Crippen molar-refractivity contribution in [2.24, 2.45) is 0 Å². The Morgan fingerprint density at radius 2 is 1.84 bits per heavy atom. The summed E-state index contributed by atoms with van der Waals surface area (Å²) in [5, 5.41) is 9.26. The fraction of sp³-hybridized carbons (Fsp3) is 0.167. The van der Waals surface area contributed by atoms with Gasteiger partial charge in [-0.25, -0.2) is 13.1 Å². The summed E-state index contributed by atoms with van der Waals surface area (Å²) in [6.45, 7) is 1.75. The van der Waals surface area contributed by atoms with Crippen LogP contribution in [0.5, 0.6) is 5.75 Å². The summed E-state index contributed by atoms with van der Waals surface area (Å²) in [5.74, 6) is 0.320. The highest BCUT2D eigenvalue weighted by Crippen LogP contribution is 2.33. The molecule has 0 unspecified atom stereocenters. The van der Waals surface area contributed by atoms with Gasteiger partial charge in [-0.2, -0.15) is 5.10 Å². The maximum Gasteiger partial charge on any atom is 0.263 e. The molecular formula is C24H21N3O4S. The molecule has 0 fully saturated rings. The van der Waals surface area contributed by atoms with E-state index in [-0.39, 0.29) is 24.0 Å². The van der Waals surface area contributed by atoms with E-state index >= 15 is 0 Å². The third-order valence-corrected chi connectivity index (χ3v) is 6.84. The Bertz CT molecular complexity index is 1450. The molecule has 8 heteroatoms. The van der Waals surface area contributed by atoms with Gasteiger partial charge in [0.25, 0.3) is 5.91 Å². The number of sulfone groups is 1. The zero-order valence-electron chi connectivity index (χ0n) is 17.4. The molecule has 5 rings (SSSR count). The van der Waals surface area contributed by atoms with Gasteiger partial charge in [-0.15, -0.1) is 0 Å². The van der Waals surface area contributed by atoms with Gasteiger partial charge in [0.05, 0.1) is 22.9 Å². The van der Waals surface area contributed by atoms with E-state index < -0.39 is 9.84 Å². The lowest BCUT2D eigenvalue weighted by Crippen LogP contribution is -2.23. The van der Waals surface area contributed by atoms with Crippen LogP contribution in [-0.4, -0.2) is 30.7 Å². The van der Waals surface area contributed by atoms with Crippen molar-refractivity contribution in [3.8, 4) is 11.4 Å². The number of aromatic nitrogens is 2. The molecular weight excluding hydrogens is 426 g/mol. The first-order valence-electron chi connectivity index (χ1n) is 10.2. The molecule has 0 aliphatic carbocycles. The number of rotatable bonds is 5. The molecule has 1 aromatic heterocycles. The quantitative estimate of drug-likeness (QED) is 0.503. The second-order valence-electron chi connectivity index (χ2n) is 7.87. The number of fused-ring (bicyclic) bond motifs is 2. The molecule has 1 aliphatic rings. The van der Waals surface area contributed by atoms with E-state index in [1.807, 2.05) is 73.7 Å². The molecule has 3 aromatic carbocycles. The Morgan fingerprint density at radius 3 is 2.69 bits per heavy atom. The van der Waals surface area contributed by atoms with Crippen molar-refractivity contribution in [3.05, 3.63) is 83.6 Å². The third-order valence-electron chi connectivity index (χ3n) is 5.40. The number of ether oxygens (including phenoxy) is 1. The normalized spacial score (nSPS) is 14.3. The zero-order chi connectivity index (χ0) is 22.3. The van der Waals surface area contributed by atoms with E-state index in [2.05, 4.69) is 10.4 Å². The fourth-order valence-corrected chi connectivity index (χ4v) is 5.44. The molecule has 0 atom stereocenters. The van der Waals surface area contributed by atoms with Crippen molar-refractivity contribution in [1.82, 2.24) is 9.78 Å². The van der Waals surface area contributed by atoms with Crippen LogP contribution in [0.2, 0.25) is 0 Å². The number of benzene rings is 3. The van der Waals surface area contributed by atoms with Crippen molar-refractivity contribution < 1.29 is 17.9 Å². The van der Waals surface area contributed by atoms with Crippen molar-refractivity contribution in [2.45, 2.75) is 18.4 Å². The van der Waals surface area contributed by atoms with Crippen LogP contribution in [0.25, 0.3) is 16.5 Å². The highest BCUT2D eigenvalue weighted by molar-refractivity contribution is 7.90. The summed E-state index contributed by atoms with van der Waals surface area (Å²) in [6.07, 6.45) is 0. The van der Waals surface area contributed by atoms with Gasteiger partial charge < -0.3 is 10.1 Å². The van der Waals surface area contributed by atoms with E-state index in [0.717, 1.165) is 22.0 Å². The fourth-order valence-electron chi connectivity index (χ4n) is 3.95. The lowest BCUT2D eigenvalue weighted by Gasteiger charge is -2.13. The molecule has 32 heavy (non-hydrogen) atoms. The SMILES string of the molecule is Cc1cccc(-n2nc3c(c2NC(=O)COc2cccc4ccccc24)CS(=O)(=O)C3)c1.